The lowest BCUT2D eigenvalue weighted by Gasteiger charge is -2.06. The molecule has 2 heterocycles. The molecule has 0 unspecified atom stereocenters. The molecule has 2 aromatic heterocycles. The van der Waals surface area contributed by atoms with Gasteiger partial charge in [-0.1, -0.05) is 0 Å². The molecule has 2 nitrogen and oxygen atoms in total. The SMILES string of the molecule is Fc1cncc(CNc2ccc3sccc3c2)c1. The van der Waals surface area contributed by atoms with Crippen molar-refractivity contribution in [3.63, 3.8) is 0 Å². The fourth-order valence-corrected chi connectivity index (χ4v) is 2.60. The molecule has 1 aromatic carbocycles. The number of anilines is 1. The number of hydrogen-bond acceptors (Lipinski definition) is 3. The number of nitrogens with zero attached hydrogens (tertiary/aromatic N) is 1. The molecule has 18 heavy (non-hydrogen) atoms. The van der Waals surface area contributed by atoms with Crippen LogP contribution in [0.4, 0.5) is 10.1 Å². The third-order valence-corrected chi connectivity index (χ3v) is 3.61. The first-order valence-corrected chi connectivity index (χ1v) is 6.50. The Morgan fingerprint density at radius 3 is 3.00 bits per heavy atom. The summed E-state index contributed by atoms with van der Waals surface area (Å²) in [5.74, 6) is -0.303. The van der Waals surface area contributed by atoms with E-state index in [-0.39, 0.29) is 5.82 Å². The zero-order valence-electron chi connectivity index (χ0n) is 9.56. The molecule has 0 spiro atoms. The number of rotatable bonds is 3. The van der Waals surface area contributed by atoms with Crippen molar-refractivity contribution in [1.82, 2.24) is 4.98 Å². The smallest absolute Gasteiger partial charge is 0.141 e. The number of fused-ring (bicyclic) bond motifs is 1. The molecule has 0 aliphatic rings. The summed E-state index contributed by atoms with van der Waals surface area (Å²) in [6, 6.07) is 9.80. The van der Waals surface area contributed by atoms with Gasteiger partial charge < -0.3 is 5.32 Å². The molecule has 0 aliphatic carbocycles. The molecule has 0 fully saturated rings. The summed E-state index contributed by atoms with van der Waals surface area (Å²) in [5.41, 5.74) is 1.87. The van der Waals surface area contributed by atoms with Crippen LogP contribution >= 0.6 is 11.3 Å². The highest BCUT2D eigenvalue weighted by Gasteiger charge is 1.99. The lowest BCUT2D eigenvalue weighted by Crippen LogP contribution is -2.00. The third kappa shape index (κ3) is 2.33. The summed E-state index contributed by atoms with van der Waals surface area (Å²) >= 11 is 1.73. The fourth-order valence-electron chi connectivity index (χ4n) is 1.83. The van der Waals surface area contributed by atoms with Gasteiger partial charge in [-0.05, 0) is 46.7 Å². The van der Waals surface area contributed by atoms with E-state index in [9.17, 15) is 4.39 Å². The second-order valence-electron chi connectivity index (χ2n) is 4.04. The largest absolute Gasteiger partial charge is 0.381 e. The van der Waals surface area contributed by atoms with Gasteiger partial charge in [0, 0.05) is 23.1 Å². The Balaban J connectivity index is 1.76. The Labute approximate surface area is 108 Å². The summed E-state index contributed by atoms with van der Waals surface area (Å²) in [6.07, 6.45) is 2.88. The van der Waals surface area contributed by atoms with Gasteiger partial charge in [0.05, 0.1) is 6.20 Å². The number of aromatic nitrogens is 1. The monoisotopic (exact) mass is 258 g/mol. The van der Waals surface area contributed by atoms with Crippen molar-refractivity contribution in [3.8, 4) is 0 Å². The van der Waals surface area contributed by atoms with Crippen LogP contribution in [0.25, 0.3) is 10.1 Å². The van der Waals surface area contributed by atoms with Crippen LogP contribution in [0, 0.1) is 5.82 Å². The van der Waals surface area contributed by atoms with E-state index in [4.69, 9.17) is 0 Å². The van der Waals surface area contributed by atoms with Crippen molar-refractivity contribution >= 4 is 27.1 Å². The maximum absolute atomic E-state index is 13.0. The zero-order chi connectivity index (χ0) is 12.4. The van der Waals surface area contributed by atoms with Gasteiger partial charge in [-0.25, -0.2) is 4.39 Å². The van der Waals surface area contributed by atoms with Gasteiger partial charge >= 0.3 is 0 Å². The number of benzene rings is 1. The van der Waals surface area contributed by atoms with Gasteiger partial charge in [0.1, 0.15) is 5.82 Å². The molecule has 0 amide bonds. The predicted molar refractivity (Wildman–Crippen MR) is 73.3 cm³/mol. The van der Waals surface area contributed by atoms with Crippen LogP contribution in [0.2, 0.25) is 0 Å². The highest BCUT2D eigenvalue weighted by atomic mass is 32.1. The van der Waals surface area contributed by atoms with Crippen molar-refractivity contribution in [1.29, 1.82) is 0 Å². The lowest BCUT2D eigenvalue weighted by atomic mass is 10.2. The van der Waals surface area contributed by atoms with Gasteiger partial charge in [0.15, 0.2) is 0 Å². The van der Waals surface area contributed by atoms with Crippen molar-refractivity contribution in [3.05, 3.63) is 59.5 Å². The molecule has 1 N–H and O–H groups in total. The van der Waals surface area contributed by atoms with E-state index < -0.39 is 0 Å². The van der Waals surface area contributed by atoms with Crippen LogP contribution in [-0.4, -0.2) is 4.98 Å². The molecule has 0 aliphatic heterocycles. The Hall–Kier alpha value is -1.94. The van der Waals surface area contributed by atoms with Crippen LogP contribution in [0.5, 0.6) is 0 Å². The summed E-state index contributed by atoms with van der Waals surface area (Å²) in [6.45, 7) is 0.570. The molecule has 3 rings (SSSR count). The lowest BCUT2D eigenvalue weighted by molar-refractivity contribution is 0.619. The summed E-state index contributed by atoms with van der Waals surface area (Å²) in [4.78, 5) is 3.82. The van der Waals surface area contributed by atoms with E-state index in [0.717, 1.165) is 11.3 Å². The topological polar surface area (TPSA) is 24.9 Å². The highest BCUT2D eigenvalue weighted by molar-refractivity contribution is 7.17. The Kier molecular flexibility index (Phi) is 2.94. The van der Waals surface area contributed by atoms with Crippen molar-refractivity contribution in [2.24, 2.45) is 0 Å². The van der Waals surface area contributed by atoms with Crippen LogP contribution < -0.4 is 5.32 Å². The summed E-state index contributed by atoms with van der Waals surface area (Å²) in [5, 5.41) is 6.57. The quantitative estimate of drug-likeness (QED) is 0.766. The molecule has 0 atom stereocenters. The minimum absolute atomic E-state index is 0.303. The third-order valence-electron chi connectivity index (χ3n) is 2.71. The number of halogens is 1. The first-order valence-electron chi connectivity index (χ1n) is 5.62. The van der Waals surface area contributed by atoms with E-state index in [1.165, 1.54) is 22.3 Å². The second kappa shape index (κ2) is 4.74. The van der Waals surface area contributed by atoms with Gasteiger partial charge in [-0.2, -0.15) is 0 Å². The van der Waals surface area contributed by atoms with E-state index in [0.29, 0.717) is 6.54 Å². The van der Waals surface area contributed by atoms with Crippen LogP contribution in [0.15, 0.2) is 48.1 Å². The highest BCUT2D eigenvalue weighted by Crippen LogP contribution is 2.24. The fraction of sp³-hybridized carbons (Fsp3) is 0.0714. The van der Waals surface area contributed by atoms with Gasteiger partial charge in [0.2, 0.25) is 0 Å². The average Bonchev–Trinajstić information content (AvgIpc) is 2.84. The van der Waals surface area contributed by atoms with Gasteiger partial charge in [-0.3, -0.25) is 4.98 Å². The zero-order valence-corrected chi connectivity index (χ0v) is 10.4. The first kappa shape index (κ1) is 11.2. The van der Waals surface area contributed by atoms with Gasteiger partial charge in [0.25, 0.3) is 0 Å². The molecule has 0 saturated carbocycles. The number of thiophene rings is 1. The molecule has 90 valence electrons. The molecule has 0 bridgehead atoms. The Morgan fingerprint density at radius 2 is 2.11 bits per heavy atom. The molecule has 0 radical (unpaired) electrons. The van der Waals surface area contributed by atoms with Crippen LogP contribution in [-0.2, 0) is 6.54 Å². The maximum atomic E-state index is 13.0. The van der Waals surface area contributed by atoms with Crippen molar-refractivity contribution < 1.29 is 4.39 Å². The van der Waals surface area contributed by atoms with Crippen molar-refractivity contribution in [2.75, 3.05) is 5.32 Å². The maximum Gasteiger partial charge on any atom is 0.141 e. The molecular weight excluding hydrogens is 247 g/mol. The summed E-state index contributed by atoms with van der Waals surface area (Å²) in [7, 11) is 0. The molecule has 0 saturated heterocycles. The van der Waals surface area contributed by atoms with Gasteiger partial charge in [-0.15, -0.1) is 11.3 Å². The number of nitrogens with one attached hydrogen (secondary N) is 1. The minimum atomic E-state index is -0.303. The summed E-state index contributed by atoms with van der Waals surface area (Å²) < 4.78 is 14.2. The normalized spacial score (nSPS) is 10.7. The molecule has 3 aromatic rings. The van der Waals surface area contributed by atoms with E-state index in [1.54, 1.807) is 17.5 Å². The predicted octanol–water partition coefficient (Wildman–Crippen LogP) is 4.05. The van der Waals surface area contributed by atoms with Crippen molar-refractivity contribution in [2.45, 2.75) is 6.54 Å². The molecule has 4 heteroatoms. The molecular formula is C14H11FN2S. The van der Waals surface area contributed by atoms with Crippen LogP contribution in [0.3, 0.4) is 0 Å². The van der Waals surface area contributed by atoms with E-state index in [1.807, 2.05) is 6.07 Å². The second-order valence-corrected chi connectivity index (χ2v) is 4.99. The first-order chi connectivity index (χ1) is 8.81. The standard InChI is InChI=1S/C14H11FN2S/c15-12-5-10(7-16-9-12)8-17-13-1-2-14-11(6-13)3-4-18-14/h1-7,9,17H,8H2. The number of hydrogen-bond donors (Lipinski definition) is 1. The minimum Gasteiger partial charge on any atom is -0.381 e. The van der Waals surface area contributed by atoms with Crippen LogP contribution in [0.1, 0.15) is 5.56 Å². The number of pyridine rings is 1. The Morgan fingerprint density at radius 1 is 1.17 bits per heavy atom. The Bertz CT molecular complexity index is 678. The van der Waals surface area contributed by atoms with E-state index >= 15 is 0 Å². The van der Waals surface area contributed by atoms with E-state index in [2.05, 4.69) is 33.9 Å². The average molecular weight is 258 g/mol.